The standard InChI is InChI=1S/C28H30F3N5O4/c1-39-27-21(11-19(29)12-32-27)24(25(30)31)36-14-20(13-33-36)34-26(37)23(22(17-7-8-17)18-9-10-18)35-28(38)40-15-16-5-3-2-4-6-16/h2-6,11-14,17-18,22-25H,7-10,15H2,1H3,(H,34,37)(H,35,38)/t23-,24?/m0/s1. The lowest BCUT2D eigenvalue weighted by Crippen LogP contribution is -2.50. The molecule has 2 atom stereocenters. The van der Waals surface area contributed by atoms with E-state index < -0.39 is 36.3 Å². The summed E-state index contributed by atoms with van der Waals surface area (Å²) in [5, 5.41) is 9.47. The van der Waals surface area contributed by atoms with Crippen molar-refractivity contribution in [2.24, 2.45) is 17.8 Å². The third kappa shape index (κ3) is 6.54. The molecule has 9 nitrogen and oxygen atoms in total. The van der Waals surface area contributed by atoms with Gasteiger partial charge in [0.2, 0.25) is 11.8 Å². The number of methoxy groups -OCH3 is 1. The van der Waals surface area contributed by atoms with Gasteiger partial charge in [0, 0.05) is 11.8 Å². The predicted octanol–water partition coefficient (Wildman–Crippen LogP) is 4.95. The monoisotopic (exact) mass is 557 g/mol. The van der Waals surface area contributed by atoms with Crippen molar-refractivity contribution < 1.29 is 32.2 Å². The van der Waals surface area contributed by atoms with E-state index in [0.717, 1.165) is 48.2 Å². The fourth-order valence-corrected chi connectivity index (χ4v) is 5.11. The van der Waals surface area contributed by atoms with Crippen LogP contribution in [0, 0.1) is 23.6 Å². The van der Waals surface area contributed by atoms with Crippen LogP contribution in [0.2, 0.25) is 0 Å². The minimum atomic E-state index is -2.98. The van der Waals surface area contributed by atoms with Gasteiger partial charge in [-0.1, -0.05) is 30.3 Å². The number of rotatable bonds is 12. The van der Waals surface area contributed by atoms with Gasteiger partial charge < -0.3 is 20.1 Å². The molecule has 0 aliphatic heterocycles. The number of anilines is 1. The number of nitrogens with one attached hydrogen (secondary N) is 2. The number of carbonyl (C=O) groups is 2. The first-order valence-electron chi connectivity index (χ1n) is 13.1. The Kier molecular flexibility index (Phi) is 8.22. The smallest absolute Gasteiger partial charge is 0.408 e. The highest BCUT2D eigenvalue weighted by molar-refractivity contribution is 5.96. The van der Waals surface area contributed by atoms with Gasteiger partial charge in [0.05, 0.1) is 25.2 Å². The maximum Gasteiger partial charge on any atom is 0.408 e. The number of alkyl carbamates (subject to hydrolysis) is 1. The minimum absolute atomic E-state index is 0.0543. The number of amides is 2. The molecule has 2 aliphatic carbocycles. The first kappa shape index (κ1) is 27.5. The Bertz CT molecular complexity index is 1320. The van der Waals surface area contributed by atoms with Crippen LogP contribution in [0.3, 0.4) is 0 Å². The molecule has 0 saturated heterocycles. The zero-order valence-corrected chi connectivity index (χ0v) is 21.8. The molecule has 2 amide bonds. The maximum atomic E-state index is 14.1. The maximum absolute atomic E-state index is 14.1. The molecular weight excluding hydrogens is 527 g/mol. The van der Waals surface area contributed by atoms with Crippen LogP contribution in [0.5, 0.6) is 5.88 Å². The van der Waals surface area contributed by atoms with Gasteiger partial charge in [-0.05, 0) is 55.1 Å². The third-order valence-corrected chi connectivity index (χ3v) is 7.24. The van der Waals surface area contributed by atoms with E-state index in [4.69, 9.17) is 9.47 Å². The molecule has 0 spiro atoms. The van der Waals surface area contributed by atoms with E-state index in [1.807, 2.05) is 30.3 Å². The van der Waals surface area contributed by atoms with Crippen molar-refractivity contribution in [3.8, 4) is 5.88 Å². The number of hydrogen-bond donors (Lipinski definition) is 2. The van der Waals surface area contributed by atoms with Gasteiger partial charge >= 0.3 is 6.09 Å². The average Bonchev–Trinajstić information content (AvgIpc) is 3.88. The van der Waals surface area contributed by atoms with Crippen LogP contribution in [-0.2, 0) is 16.1 Å². The molecule has 2 saturated carbocycles. The number of carbonyl (C=O) groups excluding carboxylic acids is 2. The fraction of sp³-hybridized carbons (Fsp3) is 0.429. The topological polar surface area (TPSA) is 107 Å². The van der Waals surface area contributed by atoms with E-state index in [9.17, 15) is 22.8 Å². The molecule has 0 bridgehead atoms. The van der Waals surface area contributed by atoms with Gasteiger partial charge in [0.1, 0.15) is 24.5 Å². The molecule has 5 rings (SSSR count). The van der Waals surface area contributed by atoms with E-state index in [0.29, 0.717) is 11.8 Å². The van der Waals surface area contributed by atoms with Crippen LogP contribution in [0.15, 0.2) is 55.0 Å². The van der Waals surface area contributed by atoms with Crippen LogP contribution >= 0.6 is 0 Å². The Hall–Kier alpha value is -4.09. The first-order chi connectivity index (χ1) is 19.3. The zero-order valence-electron chi connectivity index (χ0n) is 21.8. The van der Waals surface area contributed by atoms with Crippen molar-refractivity contribution >= 4 is 17.7 Å². The first-order valence-corrected chi connectivity index (χ1v) is 13.1. The Morgan fingerprint density at radius 2 is 1.80 bits per heavy atom. The predicted molar refractivity (Wildman–Crippen MR) is 138 cm³/mol. The number of halogens is 3. The molecular formula is C28H30F3N5O4. The molecule has 3 aromatic rings. The lowest BCUT2D eigenvalue weighted by Gasteiger charge is -2.27. The van der Waals surface area contributed by atoms with E-state index in [-0.39, 0.29) is 29.7 Å². The fourth-order valence-electron chi connectivity index (χ4n) is 5.11. The molecule has 1 unspecified atom stereocenters. The van der Waals surface area contributed by atoms with Crippen molar-refractivity contribution in [2.45, 2.75) is 50.8 Å². The highest BCUT2D eigenvalue weighted by Gasteiger charge is 2.48. The Morgan fingerprint density at radius 1 is 1.10 bits per heavy atom. The van der Waals surface area contributed by atoms with Gasteiger partial charge in [0.25, 0.3) is 6.43 Å². The SMILES string of the molecule is COc1ncc(F)cc1C(C(F)F)n1cc(NC(=O)[C@@H](NC(=O)OCc2ccccc2)C(C2CC2)C2CC2)cn1. The van der Waals surface area contributed by atoms with Gasteiger partial charge in [-0.15, -0.1) is 0 Å². The molecule has 212 valence electrons. The summed E-state index contributed by atoms with van der Waals surface area (Å²) in [5.41, 5.74) is 0.765. The van der Waals surface area contributed by atoms with Crippen molar-refractivity contribution in [3.63, 3.8) is 0 Å². The molecule has 12 heteroatoms. The highest BCUT2D eigenvalue weighted by Crippen LogP contribution is 2.51. The van der Waals surface area contributed by atoms with E-state index in [1.165, 1.54) is 19.5 Å². The van der Waals surface area contributed by atoms with Gasteiger partial charge in [-0.2, -0.15) is 5.10 Å². The summed E-state index contributed by atoms with van der Waals surface area (Å²) in [4.78, 5) is 30.0. The van der Waals surface area contributed by atoms with Gasteiger partial charge in [-0.3, -0.25) is 9.48 Å². The molecule has 40 heavy (non-hydrogen) atoms. The third-order valence-electron chi connectivity index (χ3n) is 7.24. The summed E-state index contributed by atoms with van der Waals surface area (Å²) in [5.74, 6) is -0.883. The number of nitrogens with zero attached hydrogens (tertiary/aromatic N) is 3. The number of benzene rings is 1. The number of aromatic nitrogens is 3. The number of hydrogen-bond acceptors (Lipinski definition) is 6. The quantitative estimate of drug-likeness (QED) is 0.326. The summed E-state index contributed by atoms with van der Waals surface area (Å²) in [6.45, 7) is 0.0543. The molecule has 1 aromatic carbocycles. The van der Waals surface area contributed by atoms with E-state index in [2.05, 4.69) is 20.7 Å². The Morgan fingerprint density at radius 3 is 2.42 bits per heavy atom. The van der Waals surface area contributed by atoms with Crippen molar-refractivity contribution in [3.05, 3.63) is 71.9 Å². The Balaban J connectivity index is 1.32. The zero-order chi connectivity index (χ0) is 28.2. The van der Waals surface area contributed by atoms with Crippen LogP contribution < -0.4 is 15.4 Å². The van der Waals surface area contributed by atoms with Crippen LogP contribution in [-0.4, -0.2) is 46.3 Å². The second kappa shape index (κ2) is 12.0. The lowest BCUT2D eigenvalue weighted by atomic mass is 9.89. The summed E-state index contributed by atoms with van der Waals surface area (Å²) < 4.78 is 53.5. The van der Waals surface area contributed by atoms with Crippen LogP contribution in [0.25, 0.3) is 0 Å². The van der Waals surface area contributed by atoms with Gasteiger partial charge in [0.15, 0.2) is 0 Å². The number of ether oxygens (including phenoxy) is 2. The minimum Gasteiger partial charge on any atom is -0.481 e. The molecule has 2 heterocycles. The summed E-state index contributed by atoms with van der Waals surface area (Å²) in [7, 11) is 1.25. The molecule has 2 aromatic heterocycles. The normalized spacial score (nSPS) is 16.4. The molecule has 2 fully saturated rings. The average molecular weight is 558 g/mol. The summed E-state index contributed by atoms with van der Waals surface area (Å²) in [6.07, 6.45) is 3.53. The van der Waals surface area contributed by atoms with E-state index in [1.54, 1.807) is 0 Å². The second-order valence-electron chi connectivity index (χ2n) is 10.2. The van der Waals surface area contributed by atoms with Crippen LogP contribution in [0.4, 0.5) is 23.7 Å². The highest BCUT2D eigenvalue weighted by atomic mass is 19.3. The largest absolute Gasteiger partial charge is 0.481 e. The summed E-state index contributed by atoms with van der Waals surface area (Å²) >= 11 is 0. The van der Waals surface area contributed by atoms with Crippen molar-refractivity contribution in [1.29, 1.82) is 0 Å². The summed E-state index contributed by atoms with van der Waals surface area (Å²) in [6, 6.07) is 7.52. The van der Waals surface area contributed by atoms with Gasteiger partial charge in [-0.25, -0.2) is 22.9 Å². The van der Waals surface area contributed by atoms with Crippen molar-refractivity contribution in [1.82, 2.24) is 20.1 Å². The second-order valence-corrected chi connectivity index (χ2v) is 10.2. The number of alkyl halides is 2. The Labute approximate surface area is 229 Å². The molecule has 2 aliphatic rings. The molecule has 2 N–H and O–H groups in total. The van der Waals surface area contributed by atoms with Crippen molar-refractivity contribution in [2.75, 3.05) is 12.4 Å². The van der Waals surface area contributed by atoms with Crippen LogP contribution in [0.1, 0.15) is 42.9 Å². The number of pyridine rings is 1. The lowest BCUT2D eigenvalue weighted by molar-refractivity contribution is -0.119. The van der Waals surface area contributed by atoms with E-state index >= 15 is 0 Å². The molecule has 0 radical (unpaired) electrons.